The Morgan fingerprint density at radius 1 is 1.25 bits per heavy atom. The summed E-state index contributed by atoms with van der Waals surface area (Å²) in [6.07, 6.45) is 2.06. The Bertz CT molecular complexity index is 306. The molecule has 0 atom stereocenters. The third-order valence-corrected chi connectivity index (χ3v) is 3.35. The van der Waals surface area contributed by atoms with Crippen molar-refractivity contribution in [2.75, 3.05) is 26.2 Å². The molecule has 20 heavy (non-hydrogen) atoms. The van der Waals surface area contributed by atoms with E-state index >= 15 is 0 Å². The number of carbonyl (C=O) groups excluding carboxylic acids is 1. The first kappa shape index (κ1) is 18.7. The van der Waals surface area contributed by atoms with Gasteiger partial charge in [0.25, 0.3) is 0 Å². The Kier molecular flexibility index (Phi) is 8.96. The maximum atomic E-state index is 11.9. The third-order valence-electron chi connectivity index (χ3n) is 3.35. The molecule has 0 bridgehead atoms. The van der Waals surface area contributed by atoms with Gasteiger partial charge in [0.1, 0.15) is 0 Å². The number of aliphatic hydroxyl groups excluding tert-OH is 1. The SMILES string of the molecule is CCN(CCCO)C(=O)NCCC(C)(C)CCC(=O)O. The molecule has 3 N–H and O–H groups in total. The third kappa shape index (κ3) is 8.74. The highest BCUT2D eigenvalue weighted by molar-refractivity contribution is 5.74. The summed E-state index contributed by atoms with van der Waals surface area (Å²) in [5.41, 5.74) is -0.103. The molecule has 0 aliphatic heterocycles. The van der Waals surface area contributed by atoms with Crippen molar-refractivity contribution in [1.29, 1.82) is 0 Å². The number of urea groups is 1. The molecule has 0 fully saturated rings. The van der Waals surface area contributed by atoms with E-state index in [0.29, 0.717) is 32.5 Å². The van der Waals surface area contributed by atoms with Crippen LogP contribution < -0.4 is 5.32 Å². The minimum atomic E-state index is -0.789. The molecular weight excluding hydrogens is 260 g/mol. The van der Waals surface area contributed by atoms with E-state index in [-0.39, 0.29) is 24.5 Å². The lowest BCUT2D eigenvalue weighted by molar-refractivity contribution is -0.137. The van der Waals surface area contributed by atoms with Crippen LogP contribution in [0.15, 0.2) is 0 Å². The first-order valence-electron chi connectivity index (χ1n) is 7.18. The Morgan fingerprint density at radius 2 is 1.90 bits per heavy atom. The smallest absolute Gasteiger partial charge is 0.317 e. The summed E-state index contributed by atoms with van der Waals surface area (Å²) in [7, 11) is 0. The summed E-state index contributed by atoms with van der Waals surface area (Å²) in [4.78, 5) is 24.1. The molecule has 0 heterocycles. The fourth-order valence-corrected chi connectivity index (χ4v) is 1.85. The maximum Gasteiger partial charge on any atom is 0.317 e. The van der Waals surface area contributed by atoms with Crippen molar-refractivity contribution in [1.82, 2.24) is 10.2 Å². The number of aliphatic carboxylic acids is 1. The van der Waals surface area contributed by atoms with Gasteiger partial charge in [0, 0.05) is 32.7 Å². The second-order valence-electron chi connectivity index (χ2n) is 5.70. The van der Waals surface area contributed by atoms with Gasteiger partial charge in [-0.1, -0.05) is 13.8 Å². The van der Waals surface area contributed by atoms with Crippen molar-refractivity contribution in [3.8, 4) is 0 Å². The highest BCUT2D eigenvalue weighted by Crippen LogP contribution is 2.25. The van der Waals surface area contributed by atoms with E-state index in [1.807, 2.05) is 20.8 Å². The zero-order valence-corrected chi connectivity index (χ0v) is 12.8. The van der Waals surface area contributed by atoms with Crippen molar-refractivity contribution in [2.24, 2.45) is 5.41 Å². The number of carboxylic acids is 1. The number of aliphatic hydroxyl groups is 1. The Labute approximate surface area is 121 Å². The molecule has 6 nitrogen and oxygen atoms in total. The van der Waals surface area contributed by atoms with Gasteiger partial charge in [-0.3, -0.25) is 4.79 Å². The molecule has 0 aromatic heterocycles. The molecule has 0 rings (SSSR count). The van der Waals surface area contributed by atoms with E-state index in [4.69, 9.17) is 10.2 Å². The molecule has 0 saturated heterocycles. The average Bonchev–Trinajstić information content (AvgIpc) is 2.37. The van der Waals surface area contributed by atoms with E-state index in [1.165, 1.54) is 0 Å². The van der Waals surface area contributed by atoms with Gasteiger partial charge in [-0.05, 0) is 31.6 Å². The van der Waals surface area contributed by atoms with Gasteiger partial charge < -0.3 is 20.4 Å². The van der Waals surface area contributed by atoms with Crippen LogP contribution in [0.1, 0.15) is 46.5 Å². The Hall–Kier alpha value is -1.30. The average molecular weight is 288 g/mol. The summed E-state index contributed by atoms with van der Waals surface area (Å²) in [5, 5.41) is 20.3. The topological polar surface area (TPSA) is 89.9 Å². The van der Waals surface area contributed by atoms with Gasteiger partial charge in [-0.15, -0.1) is 0 Å². The van der Waals surface area contributed by atoms with Crippen molar-refractivity contribution in [3.05, 3.63) is 0 Å². The van der Waals surface area contributed by atoms with Gasteiger partial charge in [0.15, 0.2) is 0 Å². The van der Waals surface area contributed by atoms with Crippen LogP contribution in [-0.4, -0.2) is 53.4 Å². The van der Waals surface area contributed by atoms with Crippen LogP contribution in [0.2, 0.25) is 0 Å². The minimum absolute atomic E-state index is 0.0754. The lowest BCUT2D eigenvalue weighted by Crippen LogP contribution is -2.41. The lowest BCUT2D eigenvalue weighted by Gasteiger charge is -2.25. The molecule has 0 radical (unpaired) electrons. The van der Waals surface area contributed by atoms with E-state index in [1.54, 1.807) is 4.90 Å². The second kappa shape index (κ2) is 9.58. The summed E-state index contributed by atoms with van der Waals surface area (Å²) >= 11 is 0. The van der Waals surface area contributed by atoms with E-state index in [9.17, 15) is 9.59 Å². The molecule has 0 aliphatic rings. The summed E-state index contributed by atoms with van der Waals surface area (Å²) in [6, 6.07) is -0.130. The predicted octanol–water partition coefficient (Wildman–Crippen LogP) is 1.68. The van der Waals surface area contributed by atoms with Gasteiger partial charge in [-0.2, -0.15) is 0 Å². The number of hydrogen-bond acceptors (Lipinski definition) is 3. The number of carbonyl (C=O) groups is 2. The fourth-order valence-electron chi connectivity index (χ4n) is 1.85. The van der Waals surface area contributed by atoms with Crippen molar-refractivity contribution in [2.45, 2.75) is 46.5 Å². The zero-order chi connectivity index (χ0) is 15.6. The first-order valence-corrected chi connectivity index (χ1v) is 7.18. The molecule has 2 amide bonds. The number of nitrogens with one attached hydrogen (secondary N) is 1. The molecule has 6 heteroatoms. The number of rotatable bonds is 10. The van der Waals surface area contributed by atoms with Crippen LogP contribution in [0.3, 0.4) is 0 Å². The quantitative estimate of drug-likeness (QED) is 0.570. The Balaban J connectivity index is 4.01. The predicted molar refractivity (Wildman–Crippen MR) is 77.6 cm³/mol. The second-order valence-corrected chi connectivity index (χ2v) is 5.70. The molecular formula is C14H28N2O4. The van der Waals surface area contributed by atoms with Gasteiger partial charge >= 0.3 is 12.0 Å². The molecule has 0 spiro atoms. The van der Waals surface area contributed by atoms with Crippen LogP contribution in [0.5, 0.6) is 0 Å². The summed E-state index contributed by atoms with van der Waals surface area (Å²) in [5.74, 6) is -0.789. The van der Waals surface area contributed by atoms with Crippen LogP contribution in [0.25, 0.3) is 0 Å². The maximum absolute atomic E-state index is 11.9. The number of carboxylic acid groups (broad SMARTS) is 1. The van der Waals surface area contributed by atoms with Crippen LogP contribution in [0, 0.1) is 5.41 Å². The molecule has 118 valence electrons. The number of hydrogen-bond donors (Lipinski definition) is 3. The fraction of sp³-hybridized carbons (Fsp3) is 0.857. The van der Waals surface area contributed by atoms with Gasteiger partial charge in [0.2, 0.25) is 0 Å². The zero-order valence-electron chi connectivity index (χ0n) is 12.8. The molecule has 0 aliphatic carbocycles. The summed E-state index contributed by atoms with van der Waals surface area (Å²) < 4.78 is 0. The lowest BCUT2D eigenvalue weighted by atomic mass is 9.84. The monoisotopic (exact) mass is 288 g/mol. The van der Waals surface area contributed by atoms with Crippen molar-refractivity contribution in [3.63, 3.8) is 0 Å². The van der Waals surface area contributed by atoms with Gasteiger partial charge in [-0.25, -0.2) is 4.79 Å². The van der Waals surface area contributed by atoms with Crippen molar-refractivity contribution >= 4 is 12.0 Å². The number of nitrogens with zero attached hydrogens (tertiary/aromatic N) is 1. The Morgan fingerprint density at radius 3 is 2.40 bits per heavy atom. The molecule has 0 saturated carbocycles. The van der Waals surface area contributed by atoms with Crippen molar-refractivity contribution < 1.29 is 19.8 Å². The largest absolute Gasteiger partial charge is 0.481 e. The molecule has 0 aromatic carbocycles. The minimum Gasteiger partial charge on any atom is -0.481 e. The highest BCUT2D eigenvalue weighted by Gasteiger charge is 2.19. The van der Waals surface area contributed by atoms with Gasteiger partial charge in [0.05, 0.1) is 0 Å². The first-order chi connectivity index (χ1) is 9.32. The normalized spacial score (nSPS) is 11.2. The van der Waals surface area contributed by atoms with Crippen LogP contribution >= 0.6 is 0 Å². The molecule has 0 unspecified atom stereocenters. The number of amides is 2. The van der Waals surface area contributed by atoms with E-state index in [0.717, 1.165) is 6.42 Å². The van der Waals surface area contributed by atoms with E-state index in [2.05, 4.69) is 5.32 Å². The molecule has 0 aromatic rings. The van der Waals surface area contributed by atoms with Crippen LogP contribution in [0.4, 0.5) is 4.79 Å². The summed E-state index contributed by atoms with van der Waals surface area (Å²) in [6.45, 7) is 7.66. The standard InChI is InChI=1S/C14H28N2O4/c1-4-16(10-5-11-17)13(20)15-9-8-14(2,3)7-6-12(18)19/h17H,4-11H2,1-3H3,(H,15,20)(H,18,19). The van der Waals surface area contributed by atoms with E-state index < -0.39 is 5.97 Å². The highest BCUT2D eigenvalue weighted by atomic mass is 16.4. The van der Waals surface area contributed by atoms with Crippen LogP contribution in [-0.2, 0) is 4.79 Å².